The average molecular weight is 278 g/mol. The molecule has 0 aliphatic rings. The van der Waals surface area contributed by atoms with E-state index in [2.05, 4.69) is 5.32 Å². The number of nitrogens with two attached hydrogens (primary N) is 1. The zero-order chi connectivity index (χ0) is 15.3. The molecule has 110 valence electrons. The number of ether oxygens (including phenoxy) is 1. The molecule has 3 N–H and O–H groups in total. The van der Waals surface area contributed by atoms with Crippen LogP contribution in [0.25, 0.3) is 0 Å². The van der Waals surface area contributed by atoms with Gasteiger partial charge in [0, 0.05) is 5.56 Å². The van der Waals surface area contributed by atoms with Gasteiger partial charge in [0.1, 0.15) is 6.04 Å². The number of hydrogen-bond donors (Lipinski definition) is 2. The van der Waals surface area contributed by atoms with Crippen LogP contribution in [0.5, 0.6) is 0 Å². The number of hydrogen-bond acceptors (Lipinski definition) is 3. The number of carbonyl (C=O) groups excluding carboxylic acids is 2. The lowest BCUT2D eigenvalue weighted by Gasteiger charge is -2.23. The van der Waals surface area contributed by atoms with Gasteiger partial charge in [-0.25, -0.2) is 0 Å². The first-order chi connectivity index (χ1) is 9.19. The zero-order valence-electron chi connectivity index (χ0n) is 12.4. The van der Waals surface area contributed by atoms with Crippen molar-refractivity contribution in [2.24, 2.45) is 5.73 Å². The van der Waals surface area contributed by atoms with Gasteiger partial charge in [-0.05, 0) is 39.8 Å². The molecule has 2 amide bonds. The van der Waals surface area contributed by atoms with Gasteiger partial charge in [0.25, 0.3) is 5.91 Å². The SMILES string of the molecule is Cc1ccc(C(=O)N[C@@H](COC(C)(C)C)C(N)=O)cc1. The minimum Gasteiger partial charge on any atom is -0.373 e. The van der Waals surface area contributed by atoms with Gasteiger partial charge >= 0.3 is 0 Å². The molecule has 0 fully saturated rings. The maximum atomic E-state index is 12.0. The van der Waals surface area contributed by atoms with E-state index in [1.807, 2.05) is 39.8 Å². The Morgan fingerprint density at radius 3 is 2.25 bits per heavy atom. The summed E-state index contributed by atoms with van der Waals surface area (Å²) in [4.78, 5) is 23.4. The molecular formula is C15H22N2O3. The van der Waals surface area contributed by atoms with Gasteiger partial charge in [-0.1, -0.05) is 17.7 Å². The molecule has 0 heterocycles. The fourth-order valence-electron chi connectivity index (χ4n) is 1.47. The second kappa shape index (κ2) is 6.52. The molecule has 20 heavy (non-hydrogen) atoms. The van der Waals surface area contributed by atoms with Crippen LogP contribution in [-0.2, 0) is 9.53 Å². The topological polar surface area (TPSA) is 81.4 Å². The summed E-state index contributed by atoms with van der Waals surface area (Å²) in [6, 6.07) is 6.23. The molecule has 0 aromatic heterocycles. The molecular weight excluding hydrogens is 256 g/mol. The van der Waals surface area contributed by atoms with E-state index in [4.69, 9.17) is 10.5 Å². The molecule has 0 aliphatic heterocycles. The smallest absolute Gasteiger partial charge is 0.251 e. The second-order valence-corrected chi connectivity index (χ2v) is 5.72. The van der Waals surface area contributed by atoms with Crippen LogP contribution in [0.15, 0.2) is 24.3 Å². The van der Waals surface area contributed by atoms with Crippen LogP contribution >= 0.6 is 0 Å². The average Bonchev–Trinajstić information content (AvgIpc) is 2.33. The third-order valence-electron chi connectivity index (χ3n) is 2.65. The van der Waals surface area contributed by atoms with Crippen molar-refractivity contribution >= 4 is 11.8 Å². The van der Waals surface area contributed by atoms with Gasteiger partial charge in [-0.3, -0.25) is 9.59 Å². The van der Waals surface area contributed by atoms with Crippen molar-refractivity contribution in [1.82, 2.24) is 5.32 Å². The van der Waals surface area contributed by atoms with Gasteiger partial charge in [0.05, 0.1) is 12.2 Å². The molecule has 0 radical (unpaired) electrons. The van der Waals surface area contributed by atoms with E-state index < -0.39 is 17.6 Å². The van der Waals surface area contributed by atoms with E-state index in [0.29, 0.717) is 5.56 Å². The van der Waals surface area contributed by atoms with Crippen molar-refractivity contribution in [3.8, 4) is 0 Å². The van der Waals surface area contributed by atoms with Crippen molar-refractivity contribution in [3.05, 3.63) is 35.4 Å². The predicted octanol–water partition coefficient (Wildman–Crippen LogP) is 1.39. The summed E-state index contributed by atoms with van der Waals surface area (Å²) >= 11 is 0. The number of primary amides is 1. The summed E-state index contributed by atoms with van der Waals surface area (Å²) in [6.07, 6.45) is 0. The third kappa shape index (κ3) is 5.40. The Kier molecular flexibility index (Phi) is 5.27. The van der Waals surface area contributed by atoms with Crippen LogP contribution in [0.2, 0.25) is 0 Å². The quantitative estimate of drug-likeness (QED) is 0.854. The molecule has 5 nitrogen and oxygen atoms in total. The molecule has 0 aliphatic carbocycles. The van der Waals surface area contributed by atoms with Gasteiger partial charge < -0.3 is 15.8 Å². The van der Waals surface area contributed by atoms with Crippen LogP contribution in [0, 0.1) is 6.92 Å². The largest absolute Gasteiger partial charge is 0.373 e. The first-order valence-corrected chi connectivity index (χ1v) is 6.50. The van der Waals surface area contributed by atoms with Crippen LogP contribution < -0.4 is 11.1 Å². The van der Waals surface area contributed by atoms with Crippen LogP contribution in [0.3, 0.4) is 0 Å². The highest BCUT2D eigenvalue weighted by Crippen LogP contribution is 2.08. The van der Waals surface area contributed by atoms with Crippen LogP contribution in [-0.4, -0.2) is 30.1 Å². The molecule has 0 saturated carbocycles. The molecule has 0 bridgehead atoms. The highest BCUT2D eigenvalue weighted by Gasteiger charge is 2.22. The number of amides is 2. The highest BCUT2D eigenvalue weighted by molar-refractivity contribution is 5.97. The Labute approximate surface area is 119 Å². The summed E-state index contributed by atoms with van der Waals surface area (Å²) in [5, 5.41) is 2.59. The number of nitrogens with one attached hydrogen (secondary N) is 1. The minimum absolute atomic E-state index is 0.0520. The predicted molar refractivity (Wildman–Crippen MR) is 77.3 cm³/mol. The van der Waals surface area contributed by atoms with E-state index in [0.717, 1.165) is 5.56 Å². The van der Waals surface area contributed by atoms with E-state index in [-0.39, 0.29) is 12.5 Å². The van der Waals surface area contributed by atoms with Crippen molar-refractivity contribution in [3.63, 3.8) is 0 Å². The lowest BCUT2D eigenvalue weighted by molar-refractivity contribution is -0.122. The summed E-state index contributed by atoms with van der Waals surface area (Å²) in [6.45, 7) is 7.59. The second-order valence-electron chi connectivity index (χ2n) is 5.72. The molecule has 1 aromatic carbocycles. The van der Waals surface area contributed by atoms with Crippen LogP contribution in [0.4, 0.5) is 0 Å². The summed E-state index contributed by atoms with van der Waals surface area (Å²) in [7, 11) is 0. The normalized spacial score (nSPS) is 12.8. The number of rotatable bonds is 5. The molecule has 1 aromatic rings. The summed E-state index contributed by atoms with van der Waals surface area (Å²) in [5.74, 6) is -0.957. The fourth-order valence-corrected chi connectivity index (χ4v) is 1.47. The van der Waals surface area contributed by atoms with E-state index in [1.54, 1.807) is 12.1 Å². The van der Waals surface area contributed by atoms with Gasteiger partial charge in [-0.2, -0.15) is 0 Å². The lowest BCUT2D eigenvalue weighted by Crippen LogP contribution is -2.48. The van der Waals surface area contributed by atoms with E-state index in [1.165, 1.54) is 0 Å². The van der Waals surface area contributed by atoms with E-state index >= 15 is 0 Å². The molecule has 0 saturated heterocycles. The Morgan fingerprint density at radius 1 is 1.25 bits per heavy atom. The van der Waals surface area contributed by atoms with Gasteiger partial charge in [-0.15, -0.1) is 0 Å². The Hall–Kier alpha value is -1.88. The Balaban J connectivity index is 2.68. The first-order valence-electron chi connectivity index (χ1n) is 6.50. The van der Waals surface area contributed by atoms with Gasteiger partial charge in [0.15, 0.2) is 0 Å². The standard InChI is InChI=1S/C15H22N2O3/c1-10-5-7-11(8-6-10)14(19)17-12(13(16)18)9-20-15(2,3)4/h5-8,12H,9H2,1-4H3,(H2,16,18)(H,17,19)/t12-/m0/s1. The highest BCUT2D eigenvalue weighted by atomic mass is 16.5. The minimum atomic E-state index is -0.844. The zero-order valence-corrected chi connectivity index (χ0v) is 12.4. The molecule has 0 unspecified atom stereocenters. The van der Waals surface area contributed by atoms with Crippen molar-refractivity contribution in [1.29, 1.82) is 0 Å². The summed E-state index contributed by atoms with van der Waals surface area (Å²) in [5.41, 5.74) is 6.43. The van der Waals surface area contributed by atoms with Crippen molar-refractivity contribution < 1.29 is 14.3 Å². The lowest BCUT2D eigenvalue weighted by atomic mass is 10.1. The number of aryl methyl sites for hydroxylation is 1. The van der Waals surface area contributed by atoms with Crippen LogP contribution in [0.1, 0.15) is 36.7 Å². The molecule has 1 atom stereocenters. The maximum absolute atomic E-state index is 12.0. The number of carbonyl (C=O) groups is 2. The molecule has 5 heteroatoms. The summed E-state index contributed by atoms with van der Waals surface area (Å²) < 4.78 is 5.49. The van der Waals surface area contributed by atoms with Gasteiger partial charge in [0.2, 0.25) is 5.91 Å². The first kappa shape index (κ1) is 16.2. The Morgan fingerprint density at radius 2 is 1.80 bits per heavy atom. The fraction of sp³-hybridized carbons (Fsp3) is 0.467. The Bertz CT molecular complexity index is 475. The van der Waals surface area contributed by atoms with Crippen molar-refractivity contribution in [2.75, 3.05) is 6.61 Å². The number of benzene rings is 1. The van der Waals surface area contributed by atoms with E-state index in [9.17, 15) is 9.59 Å². The molecule has 1 rings (SSSR count). The molecule has 0 spiro atoms. The monoisotopic (exact) mass is 278 g/mol. The maximum Gasteiger partial charge on any atom is 0.251 e. The third-order valence-corrected chi connectivity index (χ3v) is 2.65. The van der Waals surface area contributed by atoms with Crippen molar-refractivity contribution in [2.45, 2.75) is 39.3 Å².